The first-order valence-corrected chi connectivity index (χ1v) is 10.9. The van der Waals surface area contributed by atoms with Crippen LogP contribution < -0.4 is 26.2 Å². The lowest BCUT2D eigenvalue weighted by Crippen LogP contribution is -2.62. The third-order valence-electron chi connectivity index (χ3n) is 4.62. The van der Waals surface area contributed by atoms with Gasteiger partial charge in [0, 0.05) is 22.3 Å². The van der Waals surface area contributed by atoms with E-state index in [1.54, 1.807) is 6.07 Å². The number of halogens is 1. The van der Waals surface area contributed by atoms with Gasteiger partial charge < -0.3 is 10.1 Å². The number of hydrogen-bond donors (Lipinski definition) is 4. The SMILES string of the molecule is CCCC1NNC2C(=O)NC(c3cc(S(=O)(=O)Cl)ccc3OCC)NC12. The first-order valence-electron chi connectivity index (χ1n) is 8.64. The van der Waals surface area contributed by atoms with Gasteiger partial charge in [-0.2, -0.15) is 0 Å². The summed E-state index contributed by atoms with van der Waals surface area (Å²) in [6.45, 7) is 4.33. The molecule has 0 bridgehead atoms. The number of hydrazine groups is 1. The Balaban J connectivity index is 1.95. The molecule has 0 aliphatic carbocycles. The predicted octanol–water partition coefficient (Wildman–Crippen LogP) is 0.745. The third-order valence-corrected chi connectivity index (χ3v) is 5.97. The summed E-state index contributed by atoms with van der Waals surface area (Å²) in [5.74, 6) is 0.338. The summed E-state index contributed by atoms with van der Waals surface area (Å²) in [6.07, 6.45) is 1.29. The van der Waals surface area contributed by atoms with Crippen LogP contribution in [0, 0.1) is 0 Å². The lowest BCUT2D eigenvalue weighted by molar-refractivity contribution is -0.126. The average Bonchev–Trinajstić information content (AvgIpc) is 2.98. The molecule has 0 spiro atoms. The number of rotatable bonds is 6. The number of amides is 1. The van der Waals surface area contributed by atoms with Crippen molar-refractivity contribution in [3.05, 3.63) is 23.8 Å². The summed E-state index contributed by atoms with van der Waals surface area (Å²) in [5.41, 5.74) is 6.70. The summed E-state index contributed by atoms with van der Waals surface area (Å²) < 4.78 is 29.1. The molecule has 2 heterocycles. The van der Waals surface area contributed by atoms with Crippen molar-refractivity contribution >= 4 is 25.6 Å². The standard InChI is InChI=1S/C16H23ClN4O4S/c1-3-5-11-13-14(21-20-11)16(22)19-15(18-13)10-8-9(26(17,23)24)6-7-12(10)25-4-2/h6-8,11,13-15,18,20-21H,3-5H2,1-2H3,(H,19,22). The molecule has 8 nitrogen and oxygen atoms in total. The van der Waals surface area contributed by atoms with Crippen LogP contribution in [0.1, 0.15) is 38.4 Å². The topological polar surface area (TPSA) is 109 Å². The fourth-order valence-electron chi connectivity index (χ4n) is 3.44. The first-order chi connectivity index (χ1) is 12.3. The fraction of sp³-hybridized carbons (Fsp3) is 0.562. The van der Waals surface area contributed by atoms with Crippen LogP contribution in [0.4, 0.5) is 0 Å². The van der Waals surface area contributed by atoms with Crippen molar-refractivity contribution in [1.29, 1.82) is 0 Å². The van der Waals surface area contributed by atoms with Gasteiger partial charge in [-0.1, -0.05) is 13.3 Å². The Kier molecular flexibility index (Phi) is 5.73. The highest BCUT2D eigenvalue weighted by atomic mass is 35.7. The largest absolute Gasteiger partial charge is 0.493 e. The molecule has 26 heavy (non-hydrogen) atoms. The Morgan fingerprint density at radius 2 is 2.00 bits per heavy atom. The van der Waals surface area contributed by atoms with Crippen molar-refractivity contribution in [3.63, 3.8) is 0 Å². The monoisotopic (exact) mass is 402 g/mol. The van der Waals surface area contributed by atoms with E-state index in [-0.39, 0.29) is 22.9 Å². The van der Waals surface area contributed by atoms with Crippen LogP contribution >= 0.6 is 10.7 Å². The molecule has 0 saturated carbocycles. The van der Waals surface area contributed by atoms with Gasteiger partial charge in [-0.3, -0.25) is 15.5 Å². The van der Waals surface area contributed by atoms with E-state index >= 15 is 0 Å². The molecule has 2 saturated heterocycles. The van der Waals surface area contributed by atoms with Gasteiger partial charge in [0.25, 0.3) is 9.05 Å². The summed E-state index contributed by atoms with van der Waals surface area (Å²) in [6, 6.07) is 3.97. The average molecular weight is 403 g/mol. The fourth-order valence-corrected chi connectivity index (χ4v) is 4.22. The van der Waals surface area contributed by atoms with Gasteiger partial charge in [-0.15, -0.1) is 0 Å². The first kappa shape index (κ1) is 19.4. The molecule has 0 radical (unpaired) electrons. The van der Waals surface area contributed by atoms with Gasteiger partial charge >= 0.3 is 0 Å². The molecular formula is C16H23ClN4O4S. The minimum Gasteiger partial charge on any atom is -0.493 e. The van der Waals surface area contributed by atoms with Crippen LogP contribution in [0.15, 0.2) is 23.1 Å². The van der Waals surface area contributed by atoms with Crippen LogP contribution in [0.5, 0.6) is 5.75 Å². The Morgan fingerprint density at radius 1 is 1.23 bits per heavy atom. The van der Waals surface area contributed by atoms with E-state index in [9.17, 15) is 13.2 Å². The molecule has 2 aliphatic heterocycles. The van der Waals surface area contributed by atoms with Gasteiger partial charge in [0.2, 0.25) is 5.91 Å². The molecular weight excluding hydrogens is 380 g/mol. The zero-order chi connectivity index (χ0) is 18.9. The minimum absolute atomic E-state index is 0.0384. The maximum atomic E-state index is 12.5. The van der Waals surface area contributed by atoms with E-state index in [2.05, 4.69) is 28.4 Å². The van der Waals surface area contributed by atoms with Crippen molar-refractivity contribution in [2.24, 2.45) is 0 Å². The number of fused-ring (bicyclic) bond motifs is 1. The Morgan fingerprint density at radius 3 is 2.65 bits per heavy atom. The second-order valence-corrected chi connectivity index (χ2v) is 8.93. The zero-order valence-electron chi connectivity index (χ0n) is 14.6. The molecule has 144 valence electrons. The van der Waals surface area contributed by atoms with E-state index in [0.29, 0.717) is 17.9 Å². The predicted molar refractivity (Wildman–Crippen MR) is 97.2 cm³/mol. The van der Waals surface area contributed by atoms with Gasteiger partial charge in [-0.25, -0.2) is 13.8 Å². The quantitative estimate of drug-likeness (QED) is 0.520. The molecule has 10 heteroatoms. The number of carbonyl (C=O) groups is 1. The van der Waals surface area contributed by atoms with Crippen LogP contribution in [0.2, 0.25) is 0 Å². The molecule has 0 aromatic heterocycles. The highest BCUT2D eigenvalue weighted by Crippen LogP contribution is 2.31. The Labute approximate surface area is 157 Å². The van der Waals surface area contributed by atoms with Gasteiger partial charge in [0.1, 0.15) is 18.0 Å². The summed E-state index contributed by atoms with van der Waals surface area (Å²) >= 11 is 0. The van der Waals surface area contributed by atoms with Crippen molar-refractivity contribution in [3.8, 4) is 5.75 Å². The molecule has 2 fully saturated rings. The number of ether oxygens (including phenoxy) is 1. The van der Waals surface area contributed by atoms with E-state index in [1.807, 2.05) is 6.92 Å². The number of nitrogens with one attached hydrogen (secondary N) is 4. The summed E-state index contributed by atoms with van der Waals surface area (Å²) in [7, 11) is 1.59. The van der Waals surface area contributed by atoms with Crippen molar-refractivity contribution in [2.75, 3.05) is 6.61 Å². The Bertz CT molecular complexity index is 788. The van der Waals surface area contributed by atoms with Gasteiger partial charge in [-0.05, 0) is 31.5 Å². The van der Waals surface area contributed by atoms with Crippen LogP contribution in [0.3, 0.4) is 0 Å². The molecule has 4 atom stereocenters. The molecule has 2 aliphatic rings. The second kappa shape index (κ2) is 7.69. The maximum absolute atomic E-state index is 12.5. The van der Waals surface area contributed by atoms with Crippen molar-refractivity contribution in [2.45, 2.75) is 55.9 Å². The van der Waals surface area contributed by atoms with E-state index < -0.39 is 21.3 Å². The van der Waals surface area contributed by atoms with Crippen molar-refractivity contribution < 1.29 is 17.9 Å². The van der Waals surface area contributed by atoms with Crippen LogP contribution in [0.25, 0.3) is 0 Å². The zero-order valence-corrected chi connectivity index (χ0v) is 16.2. The molecule has 1 aromatic rings. The number of benzene rings is 1. The molecule has 4 N–H and O–H groups in total. The molecule has 4 unspecified atom stereocenters. The smallest absolute Gasteiger partial charge is 0.261 e. The van der Waals surface area contributed by atoms with E-state index in [1.165, 1.54) is 12.1 Å². The normalized spacial score (nSPS) is 28.5. The highest BCUT2D eigenvalue weighted by molar-refractivity contribution is 8.13. The summed E-state index contributed by atoms with van der Waals surface area (Å²) in [5, 5.41) is 6.27. The van der Waals surface area contributed by atoms with E-state index in [0.717, 1.165) is 12.8 Å². The van der Waals surface area contributed by atoms with Crippen molar-refractivity contribution in [1.82, 2.24) is 21.5 Å². The number of carbonyl (C=O) groups excluding carboxylic acids is 1. The maximum Gasteiger partial charge on any atom is 0.261 e. The van der Waals surface area contributed by atoms with Gasteiger partial charge in [0.05, 0.1) is 17.5 Å². The van der Waals surface area contributed by atoms with Crippen LogP contribution in [-0.4, -0.2) is 39.1 Å². The molecule has 1 aromatic carbocycles. The molecule has 3 rings (SSSR count). The lowest BCUT2D eigenvalue weighted by Gasteiger charge is -2.35. The second-order valence-electron chi connectivity index (χ2n) is 6.37. The number of hydrogen-bond acceptors (Lipinski definition) is 7. The van der Waals surface area contributed by atoms with E-state index in [4.69, 9.17) is 15.4 Å². The lowest BCUT2D eigenvalue weighted by atomic mass is 9.95. The Hall–Kier alpha value is -1.39. The van der Waals surface area contributed by atoms with Gasteiger partial charge in [0.15, 0.2) is 0 Å². The highest BCUT2D eigenvalue weighted by Gasteiger charge is 2.45. The van der Waals surface area contributed by atoms with Crippen LogP contribution in [-0.2, 0) is 13.8 Å². The molecule has 1 amide bonds. The summed E-state index contributed by atoms with van der Waals surface area (Å²) in [4.78, 5) is 12.5. The minimum atomic E-state index is -3.89. The third kappa shape index (κ3) is 3.81.